The fraction of sp³-hybridized carbons (Fsp3) is 0.438. The molecule has 0 N–H and O–H groups in total. The normalized spacial score (nSPS) is 18.7. The van der Waals surface area contributed by atoms with Crippen molar-refractivity contribution < 1.29 is 9.47 Å². The third-order valence-electron chi connectivity index (χ3n) is 8.28. The van der Waals surface area contributed by atoms with Crippen molar-refractivity contribution in [2.75, 3.05) is 38.2 Å². The predicted molar refractivity (Wildman–Crippen MR) is 156 cm³/mol. The molecule has 5 heteroatoms. The molecule has 2 aliphatic rings. The predicted octanol–water partition coefficient (Wildman–Crippen LogP) is 6.98. The Hall–Kier alpha value is -2.69. The summed E-state index contributed by atoms with van der Waals surface area (Å²) in [6, 6.07) is 17.5. The van der Waals surface area contributed by atoms with Crippen LogP contribution in [0.5, 0.6) is 11.5 Å². The second-order valence-corrected chi connectivity index (χ2v) is 11.1. The smallest absolute Gasteiger partial charge is 0.127 e. The molecule has 2 aliphatic heterocycles. The minimum absolute atomic E-state index is 0. The van der Waals surface area contributed by atoms with Gasteiger partial charge in [0.2, 0.25) is 0 Å². The van der Waals surface area contributed by atoms with Gasteiger partial charge in [0.15, 0.2) is 0 Å². The molecule has 3 aromatic rings. The summed E-state index contributed by atoms with van der Waals surface area (Å²) in [5.74, 6) is 2.24. The van der Waals surface area contributed by atoms with Crippen LogP contribution in [-0.2, 0) is 6.54 Å². The number of methoxy groups -OCH3 is 1. The van der Waals surface area contributed by atoms with Crippen LogP contribution in [0.2, 0.25) is 0 Å². The fourth-order valence-electron chi connectivity index (χ4n) is 6.20. The molecule has 0 spiro atoms. The molecule has 0 aromatic heterocycles. The van der Waals surface area contributed by atoms with Gasteiger partial charge >= 0.3 is 0 Å². The van der Waals surface area contributed by atoms with E-state index in [2.05, 4.69) is 99.9 Å². The summed E-state index contributed by atoms with van der Waals surface area (Å²) < 4.78 is 12.0. The lowest BCUT2D eigenvalue weighted by molar-refractivity contribution is 0.121. The van der Waals surface area contributed by atoms with Crippen LogP contribution >= 0.6 is 12.4 Å². The van der Waals surface area contributed by atoms with Crippen LogP contribution in [0.25, 0.3) is 0 Å². The van der Waals surface area contributed by atoms with E-state index >= 15 is 0 Å². The minimum atomic E-state index is -0.283. The molecule has 0 bridgehead atoms. The largest absolute Gasteiger partial charge is 0.497 e. The molecule has 1 saturated heterocycles. The number of anilines is 1. The van der Waals surface area contributed by atoms with Crippen LogP contribution < -0.4 is 14.4 Å². The highest BCUT2D eigenvalue weighted by molar-refractivity contribution is 5.85. The Morgan fingerprint density at radius 1 is 0.838 bits per heavy atom. The molecule has 0 amide bonds. The van der Waals surface area contributed by atoms with Gasteiger partial charge in [-0.1, -0.05) is 42.0 Å². The Balaban J connectivity index is 0.00000320. The third-order valence-corrected chi connectivity index (χ3v) is 8.28. The number of benzene rings is 3. The maximum absolute atomic E-state index is 6.69. The lowest BCUT2D eigenvalue weighted by Gasteiger charge is -2.38. The number of nitrogens with zero attached hydrogens (tertiary/aromatic N) is 2. The van der Waals surface area contributed by atoms with Crippen molar-refractivity contribution >= 4 is 18.1 Å². The van der Waals surface area contributed by atoms with Gasteiger partial charge < -0.3 is 14.4 Å². The highest BCUT2D eigenvalue weighted by Gasteiger charge is 2.45. The van der Waals surface area contributed by atoms with Gasteiger partial charge in [-0.3, -0.25) is 4.90 Å². The van der Waals surface area contributed by atoms with E-state index in [-0.39, 0.29) is 23.9 Å². The molecule has 3 aromatic carbocycles. The average Bonchev–Trinajstić information content (AvgIpc) is 3.16. The maximum atomic E-state index is 6.69. The Bertz CT molecular complexity index is 1240. The molecule has 0 saturated carbocycles. The molecule has 37 heavy (non-hydrogen) atoms. The minimum Gasteiger partial charge on any atom is -0.497 e. The molecule has 198 valence electrons. The summed E-state index contributed by atoms with van der Waals surface area (Å²) in [4.78, 5) is 5.17. The van der Waals surface area contributed by atoms with Gasteiger partial charge in [0.25, 0.3) is 0 Å². The molecular weight excluding hydrogens is 480 g/mol. The van der Waals surface area contributed by atoms with Gasteiger partial charge in [-0.2, -0.15) is 0 Å². The van der Waals surface area contributed by atoms with Gasteiger partial charge in [0, 0.05) is 44.0 Å². The van der Waals surface area contributed by atoms with E-state index < -0.39 is 0 Å². The number of fused-ring (bicyclic) bond motifs is 1. The summed E-state index contributed by atoms with van der Waals surface area (Å²) in [5, 5.41) is 0. The summed E-state index contributed by atoms with van der Waals surface area (Å²) >= 11 is 0. The van der Waals surface area contributed by atoms with E-state index in [1.165, 1.54) is 44.6 Å². The molecule has 4 nitrogen and oxygen atoms in total. The number of hydrogen-bond donors (Lipinski definition) is 0. The summed E-state index contributed by atoms with van der Waals surface area (Å²) in [6.07, 6.45) is 0. The SMILES string of the molecule is COc1ccc(CN2CCN(c3c(C)c(C)c4c(c3C)C(c3ccc(C)cc3)C(C)(C)O4)CC2)cc1.Cl. The van der Waals surface area contributed by atoms with Crippen LogP contribution in [0.1, 0.15) is 58.7 Å². The zero-order chi connectivity index (χ0) is 25.6. The molecule has 0 aliphatic carbocycles. The van der Waals surface area contributed by atoms with Crippen molar-refractivity contribution in [3.63, 3.8) is 0 Å². The van der Waals surface area contributed by atoms with E-state index in [4.69, 9.17) is 9.47 Å². The lowest BCUT2D eigenvalue weighted by atomic mass is 9.78. The van der Waals surface area contributed by atoms with Crippen molar-refractivity contribution in [3.8, 4) is 11.5 Å². The van der Waals surface area contributed by atoms with E-state index in [1.807, 2.05) is 0 Å². The van der Waals surface area contributed by atoms with Crippen molar-refractivity contribution in [1.29, 1.82) is 0 Å². The van der Waals surface area contributed by atoms with E-state index in [0.29, 0.717) is 0 Å². The van der Waals surface area contributed by atoms with Gasteiger partial charge in [0.1, 0.15) is 17.1 Å². The molecular formula is C32H41ClN2O2. The molecule has 1 fully saturated rings. The standard InChI is InChI=1S/C32H40N2O2.ClH/c1-21-8-12-26(13-9-21)29-28-24(4)30(22(2)23(3)31(28)36-32(29,5)6)34-18-16-33(17-19-34)20-25-10-14-27(35-7)15-11-25;/h8-15,29H,16-20H2,1-7H3;1H. The second-order valence-electron chi connectivity index (χ2n) is 11.1. The number of halogens is 1. The Labute approximate surface area is 229 Å². The van der Waals surface area contributed by atoms with E-state index in [9.17, 15) is 0 Å². The van der Waals surface area contributed by atoms with Crippen molar-refractivity contribution in [2.24, 2.45) is 0 Å². The lowest BCUT2D eigenvalue weighted by Crippen LogP contribution is -2.46. The quantitative estimate of drug-likeness (QED) is 0.362. The number of rotatable bonds is 5. The summed E-state index contributed by atoms with van der Waals surface area (Å²) in [7, 11) is 1.72. The summed E-state index contributed by atoms with van der Waals surface area (Å²) in [6.45, 7) is 18.6. The zero-order valence-electron chi connectivity index (χ0n) is 23.4. The van der Waals surface area contributed by atoms with Gasteiger partial charge in [-0.25, -0.2) is 0 Å². The molecule has 2 heterocycles. The van der Waals surface area contributed by atoms with Crippen LogP contribution in [0.15, 0.2) is 48.5 Å². The topological polar surface area (TPSA) is 24.9 Å². The van der Waals surface area contributed by atoms with E-state index in [0.717, 1.165) is 44.2 Å². The van der Waals surface area contributed by atoms with E-state index in [1.54, 1.807) is 7.11 Å². The number of piperazine rings is 1. The van der Waals surface area contributed by atoms with Crippen molar-refractivity contribution in [1.82, 2.24) is 4.90 Å². The first-order chi connectivity index (χ1) is 17.2. The first-order valence-corrected chi connectivity index (χ1v) is 13.2. The highest BCUT2D eigenvalue weighted by Crippen LogP contribution is 2.54. The molecule has 0 radical (unpaired) electrons. The first-order valence-electron chi connectivity index (χ1n) is 13.2. The number of hydrogen-bond acceptors (Lipinski definition) is 4. The third kappa shape index (κ3) is 5.06. The molecule has 1 atom stereocenters. The van der Waals surface area contributed by atoms with Gasteiger partial charge in [-0.15, -0.1) is 12.4 Å². The van der Waals surface area contributed by atoms with Crippen LogP contribution in [-0.4, -0.2) is 43.8 Å². The van der Waals surface area contributed by atoms with Gasteiger partial charge in [0.05, 0.1) is 13.0 Å². The van der Waals surface area contributed by atoms with Gasteiger partial charge in [-0.05, 0) is 81.5 Å². The molecule has 5 rings (SSSR count). The molecule has 1 unspecified atom stereocenters. The van der Waals surface area contributed by atoms with Crippen LogP contribution in [0.4, 0.5) is 5.69 Å². The van der Waals surface area contributed by atoms with Crippen LogP contribution in [0.3, 0.4) is 0 Å². The van der Waals surface area contributed by atoms with Crippen molar-refractivity contribution in [2.45, 2.75) is 59.6 Å². The Morgan fingerprint density at radius 2 is 1.46 bits per heavy atom. The monoisotopic (exact) mass is 520 g/mol. The summed E-state index contributed by atoms with van der Waals surface area (Å²) in [5.41, 5.74) is 10.5. The zero-order valence-corrected chi connectivity index (χ0v) is 24.2. The van der Waals surface area contributed by atoms with Crippen LogP contribution in [0, 0.1) is 27.7 Å². The fourth-order valence-corrected chi connectivity index (χ4v) is 6.20. The number of aryl methyl sites for hydroxylation is 1. The van der Waals surface area contributed by atoms with Crippen molar-refractivity contribution in [3.05, 3.63) is 87.5 Å². The average molecular weight is 521 g/mol. The Morgan fingerprint density at radius 3 is 2.05 bits per heavy atom. The first kappa shape index (κ1) is 27.3. The maximum Gasteiger partial charge on any atom is 0.127 e. The Kier molecular flexibility index (Phi) is 7.83. The highest BCUT2D eigenvalue weighted by atomic mass is 35.5. The second kappa shape index (κ2) is 10.6. The number of ether oxygens (including phenoxy) is 2.